The van der Waals surface area contributed by atoms with Crippen LogP contribution in [-0.2, 0) is 9.53 Å². The monoisotopic (exact) mass is 224 g/mol. The van der Waals surface area contributed by atoms with Gasteiger partial charge in [0.05, 0.1) is 12.3 Å². The van der Waals surface area contributed by atoms with Crippen molar-refractivity contribution >= 4 is 23.4 Å². The fraction of sp³-hybridized carbons (Fsp3) is 0.273. The lowest BCUT2D eigenvalue weighted by Crippen LogP contribution is -2.14. The molecule has 1 fully saturated rings. The third-order valence-electron chi connectivity index (χ3n) is 2.36. The Hall–Kier alpha value is -1.35. The molecule has 78 valence electrons. The first kappa shape index (κ1) is 10.2. The van der Waals surface area contributed by atoms with E-state index in [1.165, 1.54) is 0 Å². The summed E-state index contributed by atoms with van der Waals surface area (Å²) >= 11 is 5.71. The Labute approximate surface area is 92.0 Å². The fourth-order valence-corrected chi connectivity index (χ4v) is 1.66. The van der Waals surface area contributed by atoms with Crippen LogP contribution in [0.2, 0.25) is 5.02 Å². The summed E-state index contributed by atoms with van der Waals surface area (Å²) in [5.74, 6) is -0.696. The van der Waals surface area contributed by atoms with Crippen LogP contribution in [0.5, 0.6) is 0 Å². The summed E-state index contributed by atoms with van der Waals surface area (Å²) in [7, 11) is 0. The lowest BCUT2D eigenvalue weighted by atomic mass is 9.97. The van der Waals surface area contributed by atoms with Crippen LogP contribution in [0.3, 0.4) is 0 Å². The first-order valence-electron chi connectivity index (χ1n) is 4.62. The van der Waals surface area contributed by atoms with E-state index < -0.39 is 0 Å². The van der Waals surface area contributed by atoms with Crippen molar-refractivity contribution in [2.75, 3.05) is 6.61 Å². The molecule has 3 nitrogen and oxygen atoms in total. The molecule has 0 bridgehead atoms. The molecule has 0 aromatic heterocycles. The maximum absolute atomic E-state index is 11.8. The molecule has 0 saturated carbocycles. The van der Waals surface area contributed by atoms with Crippen LogP contribution in [0.25, 0.3) is 0 Å². The van der Waals surface area contributed by atoms with Gasteiger partial charge in [0.2, 0.25) is 0 Å². The molecule has 0 radical (unpaired) electrons. The second kappa shape index (κ2) is 4.03. The van der Waals surface area contributed by atoms with Gasteiger partial charge in [-0.2, -0.15) is 0 Å². The molecule has 1 heterocycles. The summed E-state index contributed by atoms with van der Waals surface area (Å²) in [6.07, 6.45) is 0.182. The maximum Gasteiger partial charge on any atom is 0.306 e. The van der Waals surface area contributed by atoms with Gasteiger partial charge in [0.15, 0.2) is 5.78 Å². The largest absolute Gasteiger partial charge is 0.465 e. The van der Waals surface area contributed by atoms with Gasteiger partial charge in [0.1, 0.15) is 6.61 Å². The van der Waals surface area contributed by atoms with Gasteiger partial charge in [-0.15, -0.1) is 0 Å². The van der Waals surface area contributed by atoms with Crippen LogP contribution < -0.4 is 0 Å². The van der Waals surface area contributed by atoms with Crippen molar-refractivity contribution in [3.63, 3.8) is 0 Å². The highest BCUT2D eigenvalue weighted by Crippen LogP contribution is 2.20. The zero-order chi connectivity index (χ0) is 10.8. The predicted octanol–water partition coefficient (Wildman–Crippen LogP) is 2.09. The SMILES string of the molecule is O=C1CC(C(=O)c2ccc(Cl)cc2)CO1. The highest BCUT2D eigenvalue weighted by Gasteiger charge is 2.30. The van der Waals surface area contributed by atoms with Gasteiger partial charge < -0.3 is 4.74 Å². The van der Waals surface area contributed by atoms with Crippen LogP contribution in [0.1, 0.15) is 16.8 Å². The molecule has 0 aliphatic carbocycles. The molecular weight excluding hydrogens is 216 g/mol. The van der Waals surface area contributed by atoms with E-state index in [4.69, 9.17) is 16.3 Å². The zero-order valence-corrected chi connectivity index (χ0v) is 8.66. The van der Waals surface area contributed by atoms with Gasteiger partial charge in [-0.1, -0.05) is 11.6 Å². The number of carbonyl (C=O) groups excluding carboxylic acids is 2. The zero-order valence-electron chi connectivity index (χ0n) is 7.90. The van der Waals surface area contributed by atoms with Crippen LogP contribution in [0.15, 0.2) is 24.3 Å². The summed E-state index contributed by atoms with van der Waals surface area (Å²) in [6.45, 7) is 0.195. The van der Waals surface area contributed by atoms with E-state index in [0.29, 0.717) is 10.6 Å². The topological polar surface area (TPSA) is 43.4 Å². The molecule has 1 aromatic rings. The Morgan fingerprint density at radius 3 is 2.53 bits per heavy atom. The van der Waals surface area contributed by atoms with E-state index in [2.05, 4.69) is 0 Å². The minimum absolute atomic E-state index is 0.0579. The van der Waals surface area contributed by atoms with Crippen molar-refractivity contribution in [1.29, 1.82) is 0 Å². The third kappa shape index (κ3) is 2.18. The summed E-state index contributed by atoms with van der Waals surface area (Å²) in [5.41, 5.74) is 0.572. The molecule has 1 unspecified atom stereocenters. The van der Waals surface area contributed by atoms with E-state index in [-0.39, 0.29) is 30.7 Å². The van der Waals surface area contributed by atoms with E-state index >= 15 is 0 Å². The normalized spacial score (nSPS) is 20.1. The minimum atomic E-state index is -0.335. The molecule has 0 amide bonds. The van der Waals surface area contributed by atoms with Crippen LogP contribution in [0, 0.1) is 5.92 Å². The predicted molar refractivity (Wildman–Crippen MR) is 54.8 cm³/mol. The molecular formula is C11H9ClO3. The number of halogens is 1. The summed E-state index contributed by atoms with van der Waals surface area (Å²) in [5, 5.41) is 0.588. The highest BCUT2D eigenvalue weighted by atomic mass is 35.5. The van der Waals surface area contributed by atoms with Gasteiger partial charge in [-0.3, -0.25) is 9.59 Å². The molecule has 1 atom stereocenters. The van der Waals surface area contributed by atoms with E-state index in [0.717, 1.165) is 0 Å². The second-order valence-corrected chi connectivity index (χ2v) is 3.89. The molecule has 1 aromatic carbocycles. The average Bonchev–Trinajstić information content (AvgIpc) is 2.65. The molecule has 4 heteroatoms. The molecule has 0 N–H and O–H groups in total. The van der Waals surface area contributed by atoms with Crippen molar-refractivity contribution in [3.05, 3.63) is 34.9 Å². The van der Waals surface area contributed by atoms with E-state index in [9.17, 15) is 9.59 Å². The van der Waals surface area contributed by atoms with Gasteiger partial charge in [-0.05, 0) is 24.3 Å². The Balaban J connectivity index is 2.14. The third-order valence-corrected chi connectivity index (χ3v) is 2.61. The number of ether oxygens (including phenoxy) is 1. The van der Waals surface area contributed by atoms with Crippen molar-refractivity contribution in [2.24, 2.45) is 5.92 Å². The van der Waals surface area contributed by atoms with Crippen LogP contribution >= 0.6 is 11.6 Å². The Bertz CT molecular complexity index is 397. The van der Waals surface area contributed by atoms with Crippen molar-refractivity contribution < 1.29 is 14.3 Å². The molecule has 15 heavy (non-hydrogen) atoms. The van der Waals surface area contributed by atoms with Gasteiger partial charge >= 0.3 is 5.97 Å². The lowest BCUT2D eigenvalue weighted by molar-refractivity contribution is -0.137. The number of benzene rings is 1. The smallest absolute Gasteiger partial charge is 0.306 e. The molecule has 1 saturated heterocycles. The number of cyclic esters (lactones) is 1. The number of Topliss-reactive ketones (excluding diaryl/α,β-unsaturated/α-hetero) is 1. The Morgan fingerprint density at radius 1 is 1.33 bits per heavy atom. The maximum atomic E-state index is 11.8. The number of hydrogen-bond donors (Lipinski definition) is 0. The fourth-order valence-electron chi connectivity index (χ4n) is 1.53. The van der Waals surface area contributed by atoms with Crippen LogP contribution in [0.4, 0.5) is 0 Å². The van der Waals surface area contributed by atoms with E-state index in [1.54, 1.807) is 24.3 Å². The molecule has 1 aliphatic rings. The minimum Gasteiger partial charge on any atom is -0.465 e. The number of ketones is 1. The van der Waals surface area contributed by atoms with Crippen molar-refractivity contribution in [2.45, 2.75) is 6.42 Å². The van der Waals surface area contributed by atoms with Crippen LogP contribution in [-0.4, -0.2) is 18.4 Å². The average molecular weight is 225 g/mol. The number of esters is 1. The summed E-state index contributed by atoms with van der Waals surface area (Å²) in [4.78, 5) is 22.7. The van der Waals surface area contributed by atoms with Gasteiger partial charge in [0, 0.05) is 10.6 Å². The molecule has 2 rings (SSSR count). The second-order valence-electron chi connectivity index (χ2n) is 3.46. The standard InChI is InChI=1S/C11H9ClO3/c12-9-3-1-7(2-4-9)11(14)8-5-10(13)15-6-8/h1-4,8H,5-6H2. The highest BCUT2D eigenvalue weighted by molar-refractivity contribution is 6.30. The lowest BCUT2D eigenvalue weighted by Gasteiger charge is -2.04. The first-order valence-corrected chi connectivity index (χ1v) is 5.00. The van der Waals surface area contributed by atoms with E-state index in [1.807, 2.05) is 0 Å². The van der Waals surface area contributed by atoms with Crippen molar-refractivity contribution in [3.8, 4) is 0 Å². The number of carbonyl (C=O) groups is 2. The number of rotatable bonds is 2. The summed E-state index contributed by atoms with van der Waals surface area (Å²) < 4.78 is 4.75. The Morgan fingerprint density at radius 2 is 2.00 bits per heavy atom. The van der Waals surface area contributed by atoms with Crippen molar-refractivity contribution in [1.82, 2.24) is 0 Å². The first-order chi connectivity index (χ1) is 7.16. The molecule has 0 spiro atoms. The quantitative estimate of drug-likeness (QED) is 0.571. The Kier molecular flexibility index (Phi) is 2.73. The van der Waals surface area contributed by atoms with Gasteiger partial charge in [0.25, 0.3) is 0 Å². The number of hydrogen-bond acceptors (Lipinski definition) is 3. The van der Waals surface area contributed by atoms with Gasteiger partial charge in [-0.25, -0.2) is 0 Å². The molecule has 1 aliphatic heterocycles. The summed E-state index contributed by atoms with van der Waals surface area (Å²) in [6, 6.07) is 6.64.